The van der Waals surface area contributed by atoms with Gasteiger partial charge in [-0.05, 0) is 28.2 Å². The second-order valence-electron chi connectivity index (χ2n) is 5.22. The molecule has 0 saturated carbocycles. The number of rotatable bonds is 4. The molecule has 0 atom stereocenters. The molecule has 5 heteroatoms. The molecular formula is C10H26N4Si. The van der Waals surface area contributed by atoms with Crippen LogP contribution in [0.2, 0.25) is 19.6 Å². The molecule has 0 spiro atoms. The van der Waals surface area contributed by atoms with Crippen molar-refractivity contribution >= 4 is 13.9 Å². The zero-order chi connectivity index (χ0) is 12.5. The molecule has 0 aromatic rings. The maximum atomic E-state index is 8.01. The molecule has 0 rings (SSSR count). The summed E-state index contributed by atoms with van der Waals surface area (Å²) in [4.78, 5) is 7.30. The summed E-state index contributed by atoms with van der Waals surface area (Å²) < 4.78 is 0. The largest absolute Gasteiger partial charge is 0.363 e. The van der Waals surface area contributed by atoms with Crippen molar-refractivity contribution in [2.24, 2.45) is 0 Å². The Bertz CT molecular complexity index is 182. The molecule has 0 saturated heterocycles. The van der Waals surface area contributed by atoms with E-state index >= 15 is 0 Å². The lowest BCUT2D eigenvalue weighted by atomic mass is 10.5. The highest BCUT2D eigenvalue weighted by molar-refractivity contribution is 6.98. The van der Waals surface area contributed by atoms with Crippen LogP contribution in [0.4, 0.5) is 0 Å². The minimum atomic E-state index is -1.20. The smallest absolute Gasteiger partial charge is 0.226 e. The van der Waals surface area contributed by atoms with Crippen LogP contribution in [0.25, 0.3) is 5.53 Å². The average Bonchev–Trinajstić information content (AvgIpc) is 1.99. The van der Waals surface area contributed by atoms with Crippen molar-refractivity contribution in [3.8, 4) is 0 Å². The van der Waals surface area contributed by atoms with Crippen molar-refractivity contribution in [1.29, 1.82) is 0 Å². The zero-order valence-corrected chi connectivity index (χ0v) is 12.3. The average molecular weight is 230 g/mol. The number of likely N-dealkylation sites (N-methyl/N-ethyl adjacent to an activating group) is 2. The van der Waals surface area contributed by atoms with Crippen LogP contribution in [0.3, 0.4) is 0 Å². The van der Waals surface area contributed by atoms with E-state index < -0.39 is 8.07 Å². The summed E-state index contributed by atoms with van der Waals surface area (Å²) in [5.41, 5.74) is 8.01. The summed E-state index contributed by atoms with van der Waals surface area (Å²) in [6, 6.07) is 0. The van der Waals surface area contributed by atoms with Gasteiger partial charge in [-0.15, -0.1) is 0 Å². The molecule has 90 valence electrons. The van der Waals surface area contributed by atoms with Crippen molar-refractivity contribution in [2.75, 3.05) is 41.3 Å². The molecule has 0 aliphatic carbocycles. The van der Waals surface area contributed by atoms with Crippen LogP contribution in [-0.4, -0.2) is 69.8 Å². The maximum Gasteiger partial charge on any atom is 0.226 e. The van der Waals surface area contributed by atoms with Gasteiger partial charge in [0, 0.05) is 13.1 Å². The third kappa shape index (κ3) is 24.7. The molecule has 0 aliphatic heterocycles. The quantitative estimate of drug-likeness (QED) is 0.316. The van der Waals surface area contributed by atoms with Gasteiger partial charge in [0.1, 0.15) is 0 Å². The molecular weight excluding hydrogens is 204 g/mol. The van der Waals surface area contributed by atoms with E-state index in [-0.39, 0.29) is 0 Å². The third-order valence-electron chi connectivity index (χ3n) is 1.44. The van der Waals surface area contributed by atoms with E-state index in [0.717, 1.165) is 13.1 Å². The SMILES string of the molecule is CN(C)CCN(C)C.C[Si](C)(C)C=[N+]=[N-]. The van der Waals surface area contributed by atoms with E-state index in [1.807, 2.05) is 0 Å². The third-order valence-corrected chi connectivity index (χ3v) is 2.33. The normalized spacial score (nSPS) is 10.7. The second-order valence-corrected chi connectivity index (χ2v) is 10.2. The Labute approximate surface area is 95.5 Å². The number of nitrogens with zero attached hydrogens (tertiary/aromatic N) is 4. The summed E-state index contributed by atoms with van der Waals surface area (Å²) >= 11 is 0. The minimum Gasteiger partial charge on any atom is -0.363 e. The van der Waals surface area contributed by atoms with Gasteiger partial charge in [0.05, 0.1) is 0 Å². The molecule has 0 bridgehead atoms. The Balaban J connectivity index is 0. The molecule has 0 heterocycles. The summed E-state index contributed by atoms with van der Waals surface area (Å²) in [5, 5.41) is 0. The van der Waals surface area contributed by atoms with Crippen LogP contribution >= 0.6 is 0 Å². The molecule has 0 unspecified atom stereocenters. The summed E-state index contributed by atoms with van der Waals surface area (Å²) in [5.74, 6) is 1.63. The molecule has 0 aromatic carbocycles. The zero-order valence-electron chi connectivity index (χ0n) is 11.3. The minimum absolute atomic E-state index is 1.15. The first-order chi connectivity index (χ1) is 6.69. The van der Waals surface area contributed by atoms with Gasteiger partial charge in [0.15, 0.2) is 8.07 Å². The predicted octanol–water partition coefficient (Wildman–Crippen LogP) is 1.27. The first kappa shape index (κ1) is 16.9. The second kappa shape index (κ2) is 8.80. The number of hydrogen-bond acceptors (Lipinski definition) is 2. The molecule has 0 aromatic heterocycles. The topological polar surface area (TPSA) is 42.9 Å². The lowest BCUT2D eigenvalue weighted by Gasteiger charge is -2.13. The first-order valence-electron chi connectivity index (χ1n) is 5.17. The van der Waals surface area contributed by atoms with Crippen LogP contribution < -0.4 is 0 Å². The highest BCUT2D eigenvalue weighted by atomic mass is 28.3. The van der Waals surface area contributed by atoms with E-state index in [1.54, 1.807) is 5.84 Å². The standard InChI is InChI=1S/C6H16N2.C4H10N2Si/c1-7(2)5-6-8(3)4;1-7(2,3)4-6-5/h5-6H2,1-4H3;4H,1-3H3. The Morgan fingerprint density at radius 1 is 1.00 bits per heavy atom. The Morgan fingerprint density at radius 3 is 1.40 bits per heavy atom. The Hall–Kier alpha value is -0.483. The van der Waals surface area contributed by atoms with Gasteiger partial charge in [-0.3, -0.25) is 0 Å². The molecule has 0 radical (unpaired) electrons. The molecule has 0 fully saturated rings. The predicted molar refractivity (Wildman–Crippen MR) is 70.1 cm³/mol. The van der Waals surface area contributed by atoms with E-state index in [9.17, 15) is 0 Å². The summed E-state index contributed by atoms with van der Waals surface area (Å²) in [6.07, 6.45) is 0. The van der Waals surface area contributed by atoms with Crippen molar-refractivity contribution in [3.05, 3.63) is 5.53 Å². The van der Waals surface area contributed by atoms with Gasteiger partial charge in [-0.2, -0.15) is 4.79 Å². The van der Waals surface area contributed by atoms with Crippen LogP contribution in [-0.2, 0) is 0 Å². The summed E-state index contributed by atoms with van der Waals surface area (Å²) in [6.45, 7) is 8.60. The lowest BCUT2D eigenvalue weighted by Crippen LogP contribution is -2.25. The van der Waals surface area contributed by atoms with Crippen molar-refractivity contribution in [1.82, 2.24) is 9.80 Å². The van der Waals surface area contributed by atoms with Gasteiger partial charge in [-0.1, -0.05) is 19.6 Å². The highest BCUT2D eigenvalue weighted by Gasteiger charge is 2.14. The van der Waals surface area contributed by atoms with Gasteiger partial charge in [0.2, 0.25) is 5.84 Å². The molecule has 15 heavy (non-hydrogen) atoms. The monoisotopic (exact) mass is 230 g/mol. The van der Waals surface area contributed by atoms with E-state index in [1.165, 1.54) is 0 Å². The maximum absolute atomic E-state index is 8.01. The fourth-order valence-electron chi connectivity index (χ4n) is 0.573. The molecule has 0 aliphatic rings. The number of hydrogen-bond donors (Lipinski definition) is 0. The Morgan fingerprint density at radius 2 is 1.33 bits per heavy atom. The van der Waals surface area contributed by atoms with E-state index in [0.29, 0.717) is 0 Å². The van der Waals surface area contributed by atoms with Gasteiger partial charge >= 0.3 is 0 Å². The van der Waals surface area contributed by atoms with Crippen LogP contribution in [0.15, 0.2) is 0 Å². The van der Waals surface area contributed by atoms with Crippen molar-refractivity contribution in [3.63, 3.8) is 0 Å². The molecule has 0 N–H and O–H groups in total. The molecule has 0 amide bonds. The van der Waals surface area contributed by atoms with Gasteiger partial charge < -0.3 is 15.3 Å². The summed E-state index contributed by atoms with van der Waals surface area (Å²) in [7, 11) is 7.15. The van der Waals surface area contributed by atoms with Crippen molar-refractivity contribution in [2.45, 2.75) is 19.6 Å². The lowest BCUT2D eigenvalue weighted by molar-refractivity contribution is 0.00680. The highest BCUT2D eigenvalue weighted by Crippen LogP contribution is 1.91. The van der Waals surface area contributed by atoms with Gasteiger partial charge in [0.25, 0.3) is 0 Å². The van der Waals surface area contributed by atoms with Gasteiger partial charge in [-0.25, -0.2) is 0 Å². The Kier molecular flexibility index (Phi) is 9.93. The van der Waals surface area contributed by atoms with Crippen LogP contribution in [0.1, 0.15) is 0 Å². The first-order valence-corrected chi connectivity index (χ1v) is 8.75. The molecule has 4 nitrogen and oxygen atoms in total. The fourth-order valence-corrected chi connectivity index (χ4v) is 0.920. The van der Waals surface area contributed by atoms with Crippen LogP contribution in [0.5, 0.6) is 0 Å². The van der Waals surface area contributed by atoms with E-state index in [2.05, 4.69) is 62.4 Å². The van der Waals surface area contributed by atoms with E-state index in [4.69, 9.17) is 5.53 Å². The van der Waals surface area contributed by atoms with Crippen molar-refractivity contribution < 1.29 is 4.79 Å². The fraction of sp³-hybridized carbons (Fsp3) is 0.900. The van der Waals surface area contributed by atoms with Crippen LogP contribution in [0, 0.1) is 0 Å².